The van der Waals surface area contributed by atoms with Gasteiger partial charge in [0.15, 0.2) is 11.5 Å². The van der Waals surface area contributed by atoms with Gasteiger partial charge in [-0.2, -0.15) is 5.10 Å². The smallest absolute Gasteiger partial charge is 0.263 e. The lowest BCUT2D eigenvalue weighted by molar-refractivity contribution is -0.123. The summed E-state index contributed by atoms with van der Waals surface area (Å²) in [5.74, 6) is 1.44. The number of hydrogen-bond donors (Lipinski definition) is 1. The minimum atomic E-state index is -0.750. The molecule has 2 heterocycles. The van der Waals surface area contributed by atoms with Crippen molar-refractivity contribution in [3.05, 3.63) is 50.9 Å². The molecule has 0 radical (unpaired) electrons. The predicted octanol–water partition coefficient (Wildman–Crippen LogP) is 3.70. The highest BCUT2D eigenvalue weighted by molar-refractivity contribution is 7.18. The van der Waals surface area contributed by atoms with Crippen molar-refractivity contribution in [3.8, 4) is 11.5 Å². The number of ether oxygens (including phenoxy) is 2. The van der Waals surface area contributed by atoms with E-state index < -0.39 is 11.9 Å². The molecule has 2 atom stereocenters. The van der Waals surface area contributed by atoms with Crippen LogP contribution < -0.4 is 20.5 Å². The van der Waals surface area contributed by atoms with Gasteiger partial charge in [0.25, 0.3) is 11.5 Å². The molecule has 8 nitrogen and oxygen atoms in total. The van der Waals surface area contributed by atoms with E-state index in [9.17, 15) is 9.59 Å². The fraction of sp³-hybridized carbons (Fsp3) is 0.417. The van der Waals surface area contributed by atoms with Crippen LogP contribution in [0.25, 0.3) is 10.2 Å². The Bertz CT molecular complexity index is 1260. The number of fused-ring (bicyclic) bond motifs is 3. The zero-order valence-corrected chi connectivity index (χ0v) is 20.1. The summed E-state index contributed by atoms with van der Waals surface area (Å²) in [5.41, 5.74) is 4.19. The van der Waals surface area contributed by atoms with Crippen LogP contribution in [0, 0.1) is 5.92 Å². The summed E-state index contributed by atoms with van der Waals surface area (Å²) in [6.07, 6.45) is 5.91. The molecule has 1 aromatic carbocycles. The van der Waals surface area contributed by atoms with Crippen LogP contribution in [0.5, 0.6) is 11.5 Å². The lowest BCUT2D eigenvalue weighted by Crippen LogP contribution is -2.34. The molecule has 1 aliphatic rings. The van der Waals surface area contributed by atoms with Gasteiger partial charge in [-0.15, -0.1) is 11.3 Å². The van der Waals surface area contributed by atoms with Crippen LogP contribution >= 0.6 is 11.3 Å². The number of aromatic nitrogens is 2. The molecule has 2 unspecified atom stereocenters. The molecule has 0 aliphatic heterocycles. The SMILES string of the molecule is CCOc1ccc(/C=N/NC(=O)C(C)n2cnc3sc4c(c3c2=O)CCC(C)C4)cc1OC. The third kappa shape index (κ3) is 4.64. The molecule has 0 fully saturated rings. The Balaban J connectivity index is 1.50. The van der Waals surface area contributed by atoms with Gasteiger partial charge in [0.1, 0.15) is 10.9 Å². The summed E-state index contributed by atoms with van der Waals surface area (Å²) in [4.78, 5) is 32.4. The van der Waals surface area contributed by atoms with Gasteiger partial charge in [-0.3, -0.25) is 14.2 Å². The Kier molecular flexibility index (Phi) is 6.78. The summed E-state index contributed by atoms with van der Waals surface area (Å²) >= 11 is 1.60. The predicted molar refractivity (Wildman–Crippen MR) is 130 cm³/mol. The summed E-state index contributed by atoms with van der Waals surface area (Å²) in [6.45, 7) is 6.33. The van der Waals surface area contributed by atoms with Gasteiger partial charge in [-0.25, -0.2) is 10.4 Å². The van der Waals surface area contributed by atoms with Gasteiger partial charge in [0.2, 0.25) is 0 Å². The van der Waals surface area contributed by atoms with E-state index in [1.165, 1.54) is 22.0 Å². The lowest BCUT2D eigenvalue weighted by atomic mass is 9.89. The average Bonchev–Trinajstić information content (AvgIpc) is 3.18. The van der Waals surface area contributed by atoms with Crippen LogP contribution in [0.4, 0.5) is 0 Å². The van der Waals surface area contributed by atoms with Crippen molar-refractivity contribution in [2.75, 3.05) is 13.7 Å². The van der Waals surface area contributed by atoms with Crippen LogP contribution in [0.1, 0.15) is 49.2 Å². The average molecular weight is 469 g/mol. The molecule has 1 amide bonds. The van der Waals surface area contributed by atoms with E-state index in [2.05, 4.69) is 22.4 Å². The fourth-order valence-corrected chi connectivity index (χ4v) is 5.39. The lowest BCUT2D eigenvalue weighted by Gasteiger charge is -2.18. The Morgan fingerprint density at radius 3 is 3.00 bits per heavy atom. The summed E-state index contributed by atoms with van der Waals surface area (Å²) < 4.78 is 12.2. The molecule has 2 aromatic heterocycles. The number of carbonyl (C=O) groups is 1. The van der Waals surface area contributed by atoms with E-state index >= 15 is 0 Å². The number of nitrogens with zero attached hydrogens (tertiary/aromatic N) is 3. The first-order chi connectivity index (χ1) is 15.9. The molecule has 0 spiro atoms. The van der Waals surface area contributed by atoms with Crippen molar-refractivity contribution in [1.82, 2.24) is 15.0 Å². The topological polar surface area (TPSA) is 94.8 Å². The van der Waals surface area contributed by atoms with Crippen LogP contribution in [-0.2, 0) is 17.6 Å². The quantitative estimate of drug-likeness (QED) is 0.421. The monoisotopic (exact) mass is 468 g/mol. The molecule has 1 aliphatic carbocycles. The normalized spacial score (nSPS) is 16.5. The van der Waals surface area contributed by atoms with Crippen LogP contribution in [0.3, 0.4) is 0 Å². The number of nitrogens with one attached hydrogen (secondary N) is 1. The second-order valence-electron chi connectivity index (χ2n) is 8.24. The Morgan fingerprint density at radius 2 is 2.24 bits per heavy atom. The maximum Gasteiger partial charge on any atom is 0.263 e. The molecule has 0 saturated carbocycles. The second-order valence-corrected chi connectivity index (χ2v) is 9.33. The molecular weight excluding hydrogens is 440 g/mol. The molecule has 1 N–H and O–H groups in total. The number of aryl methyl sites for hydroxylation is 1. The van der Waals surface area contributed by atoms with Gasteiger partial charge in [0, 0.05) is 4.88 Å². The maximum absolute atomic E-state index is 13.2. The zero-order valence-electron chi connectivity index (χ0n) is 19.3. The molecular formula is C24H28N4O4S. The highest BCUT2D eigenvalue weighted by Gasteiger charge is 2.25. The van der Waals surface area contributed by atoms with Crippen molar-refractivity contribution in [3.63, 3.8) is 0 Å². The van der Waals surface area contributed by atoms with Crippen molar-refractivity contribution >= 4 is 33.7 Å². The highest BCUT2D eigenvalue weighted by Crippen LogP contribution is 2.35. The van der Waals surface area contributed by atoms with Crippen LogP contribution in [-0.4, -0.2) is 35.4 Å². The highest BCUT2D eigenvalue weighted by atomic mass is 32.1. The van der Waals surface area contributed by atoms with E-state index in [4.69, 9.17) is 9.47 Å². The summed E-state index contributed by atoms with van der Waals surface area (Å²) in [6, 6.07) is 4.62. The van der Waals surface area contributed by atoms with Gasteiger partial charge in [0.05, 0.1) is 31.6 Å². The van der Waals surface area contributed by atoms with Crippen LogP contribution in [0.2, 0.25) is 0 Å². The standard InChI is InChI=1S/C24H28N4O4S/c1-5-32-18-9-7-16(11-19(18)31-4)12-26-27-22(29)15(3)28-13-25-23-21(24(28)30)17-8-6-14(2)10-20(17)33-23/h7,9,11-15H,5-6,8,10H2,1-4H3,(H,27,29)/b26-12+. The Labute approximate surface area is 196 Å². The molecule has 0 saturated heterocycles. The first-order valence-electron chi connectivity index (χ1n) is 11.1. The number of benzene rings is 1. The molecule has 4 rings (SSSR count). The van der Waals surface area contributed by atoms with Gasteiger partial charge in [-0.05, 0) is 68.4 Å². The van der Waals surface area contributed by atoms with Crippen molar-refractivity contribution in [1.29, 1.82) is 0 Å². The fourth-order valence-electron chi connectivity index (χ4n) is 4.05. The first kappa shape index (κ1) is 23.0. The van der Waals surface area contributed by atoms with Gasteiger partial charge >= 0.3 is 0 Å². The third-order valence-corrected chi connectivity index (χ3v) is 7.08. The second kappa shape index (κ2) is 9.74. The molecule has 3 aromatic rings. The van der Waals surface area contributed by atoms with Gasteiger partial charge < -0.3 is 9.47 Å². The number of thiophene rings is 1. The van der Waals surface area contributed by atoms with Crippen molar-refractivity contribution in [2.45, 2.75) is 46.1 Å². The van der Waals surface area contributed by atoms with Crippen LogP contribution in [0.15, 0.2) is 34.4 Å². The van der Waals surface area contributed by atoms with Crippen molar-refractivity contribution in [2.24, 2.45) is 11.0 Å². The zero-order chi connectivity index (χ0) is 23.5. The summed E-state index contributed by atoms with van der Waals surface area (Å²) in [7, 11) is 1.57. The van der Waals surface area contributed by atoms with E-state index in [0.29, 0.717) is 29.4 Å². The number of amides is 1. The molecule has 174 valence electrons. The van der Waals surface area contributed by atoms with Gasteiger partial charge in [-0.1, -0.05) is 6.92 Å². The van der Waals surface area contributed by atoms with E-state index in [-0.39, 0.29) is 5.56 Å². The minimum absolute atomic E-state index is 0.171. The first-order valence-corrected chi connectivity index (χ1v) is 11.9. The molecule has 33 heavy (non-hydrogen) atoms. The maximum atomic E-state index is 13.2. The van der Waals surface area contributed by atoms with E-state index in [0.717, 1.165) is 35.2 Å². The molecule has 0 bridgehead atoms. The number of methoxy groups -OCH3 is 1. The summed E-state index contributed by atoms with van der Waals surface area (Å²) in [5, 5.41) is 4.71. The largest absolute Gasteiger partial charge is 0.493 e. The molecule has 9 heteroatoms. The number of carbonyl (C=O) groups excluding carboxylic acids is 1. The number of hydrazone groups is 1. The third-order valence-electron chi connectivity index (χ3n) is 5.91. The Morgan fingerprint density at radius 1 is 1.42 bits per heavy atom. The minimum Gasteiger partial charge on any atom is -0.493 e. The number of rotatable bonds is 7. The number of hydrogen-bond acceptors (Lipinski definition) is 7. The van der Waals surface area contributed by atoms with E-state index in [1.807, 2.05) is 13.0 Å². The van der Waals surface area contributed by atoms with Crippen molar-refractivity contribution < 1.29 is 14.3 Å². The Hall–Kier alpha value is -3.20. The van der Waals surface area contributed by atoms with E-state index in [1.54, 1.807) is 37.5 Å².